The van der Waals surface area contributed by atoms with Gasteiger partial charge >= 0.3 is 0 Å². The molecule has 0 radical (unpaired) electrons. The minimum absolute atomic E-state index is 0.835. The highest BCUT2D eigenvalue weighted by molar-refractivity contribution is 9.10. The molecular formula is C11H16BrN3. The van der Waals surface area contributed by atoms with E-state index in [1.165, 1.54) is 0 Å². The lowest BCUT2D eigenvalue weighted by molar-refractivity contribution is 0.828. The second kappa shape index (κ2) is 6.56. The number of nitrogens with one attached hydrogen (secondary N) is 1. The number of rotatable bonds is 6. The van der Waals surface area contributed by atoms with Crippen LogP contribution in [0.25, 0.3) is 0 Å². The Morgan fingerprint density at radius 1 is 1.53 bits per heavy atom. The lowest BCUT2D eigenvalue weighted by atomic mass is 10.3. The van der Waals surface area contributed by atoms with Crippen molar-refractivity contribution in [2.75, 3.05) is 11.9 Å². The normalized spacial score (nSPS) is 10.0. The average Bonchev–Trinajstić information content (AvgIpc) is 2.18. The second-order valence-corrected chi connectivity index (χ2v) is 4.06. The maximum atomic E-state index is 4.41. The highest BCUT2D eigenvalue weighted by atomic mass is 79.9. The Labute approximate surface area is 99.2 Å². The van der Waals surface area contributed by atoms with Crippen LogP contribution in [0.2, 0.25) is 0 Å². The van der Waals surface area contributed by atoms with Gasteiger partial charge in [0, 0.05) is 19.0 Å². The van der Waals surface area contributed by atoms with Gasteiger partial charge in [0.1, 0.15) is 16.2 Å². The van der Waals surface area contributed by atoms with Gasteiger partial charge < -0.3 is 5.32 Å². The van der Waals surface area contributed by atoms with E-state index in [-0.39, 0.29) is 0 Å². The van der Waals surface area contributed by atoms with Gasteiger partial charge in [0.05, 0.1) is 0 Å². The SMILES string of the molecule is C=CCCNc1cc(Br)nc(CCC)n1. The molecule has 1 N–H and O–H groups in total. The summed E-state index contributed by atoms with van der Waals surface area (Å²) in [7, 11) is 0. The Hall–Kier alpha value is -0.900. The smallest absolute Gasteiger partial charge is 0.132 e. The molecule has 0 bridgehead atoms. The van der Waals surface area contributed by atoms with Gasteiger partial charge in [-0.1, -0.05) is 13.0 Å². The lowest BCUT2D eigenvalue weighted by Gasteiger charge is -2.06. The zero-order valence-electron chi connectivity index (χ0n) is 8.96. The van der Waals surface area contributed by atoms with Crippen LogP contribution in [0, 0.1) is 0 Å². The summed E-state index contributed by atoms with van der Waals surface area (Å²) in [6.45, 7) is 6.65. The first-order chi connectivity index (χ1) is 7.26. The quantitative estimate of drug-likeness (QED) is 0.490. The van der Waals surface area contributed by atoms with Crippen LogP contribution in [0.3, 0.4) is 0 Å². The van der Waals surface area contributed by atoms with Crippen LogP contribution < -0.4 is 5.32 Å². The maximum Gasteiger partial charge on any atom is 0.132 e. The molecule has 15 heavy (non-hydrogen) atoms. The minimum atomic E-state index is 0.835. The molecule has 0 aromatic carbocycles. The second-order valence-electron chi connectivity index (χ2n) is 3.25. The largest absolute Gasteiger partial charge is 0.370 e. The van der Waals surface area contributed by atoms with Gasteiger partial charge in [-0.15, -0.1) is 6.58 Å². The standard InChI is InChI=1S/C11H16BrN3/c1-3-5-7-13-11-8-9(12)14-10(15-11)6-4-2/h3,8H,1,4-7H2,2H3,(H,13,14,15). The first kappa shape index (κ1) is 12.2. The summed E-state index contributed by atoms with van der Waals surface area (Å²) in [6, 6.07) is 1.89. The van der Waals surface area contributed by atoms with Crippen LogP contribution in [0.4, 0.5) is 5.82 Å². The Morgan fingerprint density at radius 2 is 2.33 bits per heavy atom. The first-order valence-electron chi connectivity index (χ1n) is 5.14. The first-order valence-corrected chi connectivity index (χ1v) is 5.93. The van der Waals surface area contributed by atoms with E-state index < -0.39 is 0 Å². The number of anilines is 1. The number of aromatic nitrogens is 2. The number of hydrogen-bond acceptors (Lipinski definition) is 3. The molecule has 0 spiro atoms. The van der Waals surface area contributed by atoms with Crippen molar-refractivity contribution in [1.82, 2.24) is 9.97 Å². The van der Waals surface area contributed by atoms with E-state index in [1.807, 2.05) is 12.1 Å². The third-order valence-electron chi connectivity index (χ3n) is 1.87. The van der Waals surface area contributed by atoms with E-state index in [0.717, 1.165) is 42.1 Å². The predicted molar refractivity (Wildman–Crippen MR) is 67.0 cm³/mol. The van der Waals surface area contributed by atoms with E-state index in [0.29, 0.717) is 0 Å². The van der Waals surface area contributed by atoms with Crippen molar-refractivity contribution in [3.8, 4) is 0 Å². The summed E-state index contributed by atoms with van der Waals surface area (Å²) in [5, 5.41) is 3.23. The van der Waals surface area contributed by atoms with Gasteiger partial charge in [-0.05, 0) is 28.8 Å². The fourth-order valence-electron chi connectivity index (χ4n) is 1.19. The highest BCUT2D eigenvalue weighted by Crippen LogP contribution is 2.13. The zero-order chi connectivity index (χ0) is 11.1. The Balaban J connectivity index is 2.65. The predicted octanol–water partition coefficient (Wildman–Crippen LogP) is 3.18. The molecule has 1 heterocycles. The van der Waals surface area contributed by atoms with Crippen molar-refractivity contribution in [2.45, 2.75) is 26.2 Å². The van der Waals surface area contributed by atoms with Crippen LogP contribution >= 0.6 is 15.9 Å². The zero-order valence-corrected chi connectivity index (χ0v) is 10.5. The minimum Gasteiger partial charge on any atom is -0.370 e. The molecule has 4 heteroatoms. The van der Waals surface area contributed by atoms with Crippen LogP contribution in [0.15, 0.2) is 23.3 Å². The maximum absolute atomic E-state index is 4.41. The highest BCUT2D eigenvalue weighted by Gasteiger charge is 2.01. The van der Waals surface area contributed by atoms with E-state index in [1.54, 1.807) is 0 Å². The molecular weight excluding hydrogens is 254 g/mol. The Bertz CT molecular complexity index is 326. The third kappa shape index (κ3) is 4.42. The average molecular weight is 270 g/mol. The Kier molecular flexibility index (Phi) is 5.32. The molecule has 1 aromatic heterocycles. The van der Waals surface area contributed by atoms with E-state index in [2.05, 4.69) is 44.7 Å². The summed E-state index contributed by atoms with van der Waals surface area (Å²) in [5.74, 6) is 1.76. The molecule has 0 amide bonds. The summed E-state index contributed by atoms with van der Waals surface area (Å²) >= 11 is 3.38. The summed E-state index contributed by atoms with van der Waals surface area (Å²) in [4.78, 5) is 8.71. The monoisotopic (exact) mass is 269 g/mol. The van der Waals surface area contributed by atoms with E-state index >= 15 is 0 Å². The molecule has 0 unspecified atom stereocenters. The van der Waals surface area contributed by atoms with Crippen LogP contribution in [-0.2, 0) is 6.42 Å². The third-order valence-corrected chi connectivity index (χ3v) is 2.28. The molecule has 0 saturated carbocycles. The van der Waals surface area contributed by atoms with Crippen molar-refractivity contribution >= 4 is 21.7 Å². The fourth-order valence-corrected chi connectivity index (χ4v) is 1.61. The number of nitrogens with zero attached hydrogens (tertiary/aromatic N) is 2. The van der Waals surface area contributed by atoms with Gasteiger partial charge in [0.25, 0.3) is 0 Å². The summed E-state index contributed by atoms with van der Waals surface area (Å²) in [5.41, 5.74) is 0. The van der Waals surface area contributed by atoms with Gasteiger partial charge in [0.15, 0.2) is 0 Å². The number of hydrogen-bond donors (Lipinski definition) is 1. The summed E-state index contributed by atoms with van der Waals surface area (Å²) in [6.07, 6.45) is 4.79. The van der Waals surface area contributed by atoms with Crippen molar-refractivity contribution in [3.63, 3.8) is 0 Å². The molecule has 3 nitrogen and oxygen atoms in total. The van der Waals surface area contributed by atoms with Crippen molar-refractivity contribution in [3.05, 3.63) is 29.1 Å². The van der Waals surface area contributed by atoms with Crippen molar-refractivity contribution < 1.29 is 0 Å². The van der Waals surface area contributed by atoms with E-state index in [4.69, 9.17) is 0 Å². The van der Waals surface area contributed by atoms with Crippen LogP contribution in [0.1, 0.15) is 25.6 Å². The van der Waals surface area contributed by atoms with Crippen molar-refractivity contribution in [1.29, 1.82) is 0 Å². The molecule has 0 aliphatic carbocycles. The van der Waals surface area contributed by atoms with Crippen molar-refractivity contribution in [2.24, 2.45) is 0 Å². The van der Waals surface area contributed by atoms with Crippen LogP contribution in [0.5, 0.6) is 0 Å². The molecule has 0 saturated heterocycles. The molecule has 1 rings (SSSR count). The Morgan fingerprint density at radius 3 is 3.00 bits per heavy atom. The van der Waals surface area contributed by atoms with Crippen LogP contribution in [-0.4, -0.2) is 16.5 Å². The topological polar surface area (TPSA) is 37.8 Å². The fraction of sp³-hybridized carbons (Fsp3) is 0.455. The molecule has 0 fully saturated rings. The lowest BCUT2D eigenvalue weighted by Crippen LogP contribution is -2.05. The van der Waals surface area contributed by atoms with Gasteiger partial charge in [-0.3, -0.25) is 0 Å². The van der Waals surface area contributed by atoms with E-state index in [9.17, 15) is 0 Å². The number of aryl methyl sites for hydroxylation is 1. The van der Waals surface area contributed by atoms with Gasteiger partial charge in [-0.2, -0.15) is 0 Å². The molecule has 1 aromatic rings. The van der Waals surface area contributed by atoms with Gasteiger partial charge in [0.2, 0.25) is 0 Å². The van der Waals surface area contributed by atoms with Gasteiger partial charge in [-0.25, -0.2) is 9.97 Å². The summed E-state index contributed by atoms with van der Waals surface area (Å²) < 4.78 is 0.835. The molecule has 82 valence electrons. The molecule has 0 atom stereocenters. The molecule has 0 aliphatic rings. The molecule has 0 aliphatic heterocycles. The number of halogens is 1.